The normalized spacial score (nSPS) is 16.1. The second-order valence-electron chi connectivity index (χ2n) is 14.1. The number of piperidine rings is 1. The summed E-state index contributed by atoms with van der Waals surface area (Å²) in [7, 11) is 0. The summed E-state index contributed by atoms with van der Waals surface area (Å²) in [5.41, 5.74) is 0.887. The molecule has 0 saturated carbocycles. The minimum Gasteiger partial charge on any atom is -0.382 e. The second-order valence-corrected chi connectivity index (χ2v) is 14.1. The molecule has 1 atom stereocenters. The molecule has 65 heavy (non-hydrogen) atoms. The largest absolute Gasteiger partial charge is 0.382 e. The second kappa shape index (κ2) is 33.2. The lowest BCUT2D eigenvalue weighted by atomic mass is 10.0. The SMILES string of the molecule is O=C1CCC(N2C(=O)c3cccc(NCCOCCOCCOCCOCCOCCOCCOCCOCCOCCOCCOCCOCCN4C(=O)C=CC4=O)c3C2=O)C(=O)N1. The average molecular weight is 925 g/mol. The smallest absolute Gasteiger partial charge is 0.264 e. The summed E-state index contributed by atoms with van der Waals surface area (Å²) in [6, 6.07) is 3.88. The van der Waals surface area contributed by atoms with E-state index in [9.17, 15) is 28.8 Å². The van der Waals surface area contributed by atoms with Gasteiger partial charge in [0.1, 0.15) is 6.04 Å². The van der Waals surface area contributed by atoms with Gasteiger partial charge in [-0.3, -0.25) is 43.9 Å². The van der Waals surface area contributed by atoms with Crippen LogP contribution in [0.15, 0.2) is 30.4 Å². The minimum atomic E-state index is -1.02. The molecule has 1 aromatic carbocycles. The Labute approximate surface area is 378 Å². The molecule has 1 aromatic rings. The van der Waals surface area contributed by atoms with E-state index >= 15 is 0 Å². The molecule has 3 heterocycles. The van der Waals surface area contributed by atoms with E-state index in [2.05, 4.69) is 10.6 Å². The zero-order chi connectivity index (χ0) is 46.2. The molecule has 0 bridgehead atoms. The zero-order valence-electron chi connectivity index (χ0n) is 37.0. The Hall–Kier alpha value is -4.30. The summed E-state index contributed by atoms with van der Waals surface area (Å²) < 4.78 is 65.8. The highest BCUT2D eigenvalue weighted by molar-refractivity contribution is 6.25. The number of benzene rings is 1. The van der Waals surface area contributed by atoms with Crippen molar-refractivity contribution in [2.75, 3.05) is 177 Å². The van der Waals surface area contributed by atoms with Gasteiger partial charge in [0.25, 0.3) is 23.6 Å². The molecule has 1 fully saturated rings. The molecule has 0 radical (unpaired) electrons. The zero-order valence-corrected chi connectivity index (χ0v) is 37.0. The highest BCUT2D eigenvalue weighted by Gasteiger charge is 2.45. The van der Waals surface area contributed by atoms with Crippen LogP contribution in [0.4, 0.5) is 5.69 Å². The number of amides is 6. The van der Waals surface area contributed by atoms with Crippen LogP contribution in [0.2, 0.25) is 0 Å². The number of imide groups is 3. The standard InChI is InChI=1S/C43H64N4O18/c48-37-5-4-36(41(51)45-37)47-42(52)34-2-1-3-35(40(34)43(47)53)44-8-10-54-12-14-56-16-18-58-20-22-60-24-26-62-28-30-64-32-33-65-31-29-63-27-25-61-23-21-59-19-17-57-15-13-55-11-9-46-38(49)6-7-39(46)50/h1-3,6-7,36,44H,4-5,8-33H2,(H,45,48,51). The molecule has 22 nitrogen and oxygen atoms in total. The molecule has 1 unspecified atom stereocenters. The third-order valence-electron chi connectivity index (χ3n) is 9.48. The maximum atomic E-state index is 13.2. The van der Waals surface area contributed by atoms with Gasteiger partial charge >= 0.3 is 0 Å². The third-order valence-corrected chi connectivity index (χ3v) is 9.48. The van der Waals surface area contributed by atoms with Gasteiger partial charge in [0.2, 0.25) is 11.8 Å². The number of anilines is 1. The molecule has 0 aromatic heterocycles. The van der Waals surface area contributed by atoms with Crippen LogP contribution in [0.25, 0.3) is 0 Å². The highest BCUT2D eigenvalue weighted by Crippen LogP contribution is 2.32. The molecule has 1 saturated heterocycles. The van der Waals surface area contributed by atoms with E-state index in [1.54, 1.807) is 18.2 Å². The first kappa shape index (κ1) is 53.3. The van der Waals surface area contributed by atoms with Crippen molar-refractivity contribution in [1.82, 2.24) is 15.1 Å². The number of rotatable bonds is 41. The van der Waals surface area contributed by atoms with Gasteiger partial charge in [-0.1, -0.05) is 6.07 Å². The van der Waals surface area contributed by atoms with Crippen molar-refractivity contribution < 1.29 is 85.6 Å². The maximum absolute atomic E-state index is 13.2. The molecule has 0 aliphatic carbocycles. The summed E-state index contributed by atoms with van der Waals surface area (Å²) in [5, 5.41) is 5.33. The monoisotopic (exact) mass is 924 g/mol. The van der Waals surface area contributed by atoms with Crippen molar-refractivity contribution in [3.63, 3.8) is 0 Å². The molecule has 4 rings (SSSR count). The highest BCUT2D eigenvalue weighted by atomic mass is 16.6. The van der Waals surface area contributed by atoms with Crippen molar-refractivity contribution in [3.05, 3.63) is 41.5 Å². The quantitative estimate of drug-likeness (QED) is 0.0628. The molecule has 3 aliphatic heterocycles. The number of hydrogen-bond acceptors (Lipinski definition) is 19. The summed E-state index contributed by atoms with van der Waals surface area (Å²) in [5.74, 6) is -2.82. The van der Waals surface area contributed by atoms with Crippen LogP contribution >= 0.6 is 0 Å². The van der Waals surface area contributed by atoms with Gasteiger partial charge in [0, 0.05) is 30.8 Å². The van der Waals surface area contributed by atoms with Crippen LogP contribution in [0.1, 0.15) is 33.6 Å². The predicted molar refractivity (Wildman–Crippen MR) is 227 cm³/mol. The first-order chi connectivity index (χ1) is 31.9. The van der Waals surface area contributed by atoms with E-state index in [-0.39, 0.29) is 48.9 Å². The molecule has 6 amide bonds. The van der Waals surface area contributed by atoms with E-state index < -0.39 is 29.7 Å². The summed E-state index contributed by atoms with van der Waals surface area (Å²) in [6.45, 7) is 10.7. The maximum Gasteiger partial charge on any atom is 0.264 e. The average Bonchev–Trinajstić information content (AvgIpc) is 3.76. The number of fused-ring (bicyclic) bond motifs is 1. The predicted octanol–water partition coefficient (Wildman–Crippen LogP) is -0.376. The van der Waals surface area contributed by atoms with Gasteiger partial charge in [-0.2, -0.15) is 0 Å². The molecule has 22 heteroatoms. The van der Waals surface area contributed by atoms with Crippen LogP contribution in [0, 0.1) is 0 Å². The van der Waals surface area contributed by atoms with Crippen molar-refractivity contribution in [1.29, 1.82) is 0 Å². The van der Waals surface area contributed by atoms with E-state index in [1.807, 2.05) is 0 Å². The third kappa shape index (κ3) is 20.8. The summed E-state index contributed by atoms with van der Waals surface area (Å²) in [6.07, 6.45) is 2.65. The van der Waals surface area contributed by atoms with Crippen molar-refractivity contribution in [3.8, 4) is 0 Å². The summed E-state index contributed by atoms with van der Waals surface area (Å²) in [4.78, 5) is 74.9. The van der Waals surface area contributed by atoms with Crippen molar-refractivity contribution in [2.24, 2.45) is 0 Å². The molecule has 364 valence electrons. The van der Waals surface area contributed by atoms with E-state index in [0.29, 0.717) is 164 Å². The van der Waals surface area contributed by atoms with Gasteiger partial charge in [-0.25, -0.2) is 0 Å². The van der Waals surface area contributed by atoms with Gasteiger partial charge in [-0.05, 0) is 18.6 Å². The van der Waals surface area contributed by atoms with Crippen LogP contribution in [0.5, 0.6) is 0 Å². The van der Waals surface area contributed by atoms with Crippen molar-refractivity contribution in [2.45, 2.75) is 18.9 Å². The Morgan fingerprint density at radius 1 is 0.492 bits per heavy atom. The molecule has 3 aliphatic rings. The fraction of sp³-hybridized carbons (Fsp3) is 0.674. The van der Waals surface area contributed by atoms with Gasteiger partial charge in [0.05, 0.1) is 176 Å². The van der Waals surface area contributed by atoms with E-state index in [0.717, 1.165) is 9.80 Å². The van der Waals surface area contributed by atoms with Crippen LogP contribution < -0.4 is 10.6 Å². The fourth-order valence-electron chi connectivity index (χ4n) is 6.25. The molecule has 2 N–H and O–H groups in total. The van der Waals surface area contributed by atoms with Gasteiger partial charge in [0.15, 0.2) is 0 Å². The molecule has 0 spiro atoms. The summed E-state index contributed by atoms with van der Waals surface area (Å²) >= 11 is 0. The minimum absolute atomic E-state index is 0.0596. The Morgan fingerprint density at radius 3 is 1.28 bits per heavy atom. The Kier molecular flexibility index (Phi) is 27.2. The van der Waals surface area contributed by atoms with Gasteiger partial charge < -0.3 is 62.2 Å². The lowest BCUT2D eigenvalue weighted by molar-refractivity contribution is -0.138. The molecular weight excluding hydrogens is 860 g/mol. The van der Waals surface area contributed by atoms with Crippen LogP contribution in [-0.2, 0) is 76.0 Å². The number of nitrogens with zero attached hydrogens (tertiary/aromatic N) is 2. The number of ether oxygens (including phenoxy) is 12. The van der Waals surface area contributed by atoms with Crippen LogP contribution in [-0.4, -0.2) is 223 Å². The Balaban J connectivity index is 0.788. The number of nitrogens with one attached hydrogen (secondary N) is 2. The number of carbonyl (C=O) groups excluding carboxylic acids is 6. The van der Waals surface area contributed by atoms with E-state index in [1.165, 1.54) is 12.2 Å². The Bertz CT molecular complexity index is 1610. The first-order valence-electron chi connectivity index (χ1n) is 21.9. The fourth-order valence-corrected chi connectivity index (χ4v) is 6.25. The van der Waals surface area contributed by atoms with Crippen LogP contribution in [0.3, 0.4) is 0 Å². The van der Waals surface area contributed by atoms with Crippen molar-refractivity contribution >= 4 is 41.1 Å². The van der Waals surface area contributed by atoms with Gasteiger partial charge in [-0.15, -0.1) is 0 Å². The topological polar surface area (TPSA) is 244 Å². The molecular formula is C43H64N4O18. The Morgan fingerprint density at radius 2 is 0.877 bits per heavy atom. The first-order valence-corrected chi connectivity index (χ1v) is 21.9. The lowest BCUT2D eigenvalue weighted by Crippen LogP contribution is -2.54. The lowest BCUT2D eigenvalue weighted by Gasteiger charge is -2.27. The van der Waals surface area contributed by atoms with E-state index in [4.69, 9.17) is 56.8 Å². The number of carbonyl (C=O) groups is 6. The number of hydrogen-bond donors (Lipinski definition) is 2.